The molecular weight excluding hydrogens is 431 g/mol. The van der Waals surface area contributed by atoms with Crippen LogP contribution in [0.1, 0.15) is 12.5 Å². The molecule has 0 saturated heterocycles. The summed E-state index contributed by atoms with van der Waals surface area (Å²) in [6.07, 6.45) is -2.93. The van der Waals surface area contributed by atoms with Crippen LogP contribution in [0.15, 0.2) is 48.7 Å². The Kier molecular flexibility index (Phi) is 5.45. The Bertz CT molecular complexity index is 1240. The normalized spacial score (nSPS) is 11.7. The maximum atomic E-state index is 13.0. The molecule has 0 bridgehead atoms. The molecule has 2 aromatic carbocycles. The molecule has 0 atom stereocenters. The molecule has 0 unspecified atom stereocenters. The monoisotopic (exact) mass is 447 g/mol. The predicted octanol–water partition coefficient (Wildman–Crippen LogP) is 5.86. The van der Waals surface area contributed by atoms with Gasteiger partial charge in [-0.3, -0.25) is 5.10 Å². The van der Waals surface area contributed by atoms with Crippen LogP contribution >= 0.6 is 11.6 Å². The summed E-state index contributed by atoms with van der Waals surface area (Å²) in [5, 5.41) is 6.91. The fraction of sp³-hybridized carbons (Fsp3) is 0.190. The number of H-pyrrole nitrogens is 1. The third-order valence-electron chi connectivity index (χ3n) is 4.77. The van der Waals surface area contributed by atoms with Crippen LogP contribution < -0.4 is 9.64 Å². The van der Waals surface area contributed by atoms with Crippen molar-refractivity contribution in [3.63, 3.8) is 0 Å². The first kappa shape index (κ1) is 20.9. The van der Waals surface area contributed by atoms with Gasteiger partial charge in [-0.15, -0.1) is 0 Å². The number of anilines is 2. The van der Waals surface area contributed by atoms with Crippen LogP contribution in [0, 0.1) is 0 Å². The van der Waals surface area contributed by atoms with E-state index in [0.29, 0.717) is 34.7 Å². The Morgan fingerprint density at radius 2 is 1.90 bits per heavy atom. The van der Waals surface area contributed by atoms with Crippen molar-refractivity contribution in [2.75, 3.05) is 18.6 Å². The minimum absolute atomic E-state index is 0.0496. The number of nitrogens with one attached hydrogen (secondary N) is 1. The second kappa shape index (κ2) is 8.07. The third kappa shape index (κ3) is 3.88. The van der Waals surface area contributed by atoms with Crippen molar-refractivity contribution in [3.8, 4) is 17.0 Å². The van der Waals surface area contributed by atoms with Crippen LogP contribution in [0.3, 0.4) is 0 Å². The molecule has 1 N–H and O–H groups in total. The number of ether oxygens (including phenoxy) is 1. The van der Waals surface area contributed by atoms with E-state index < -0.39 is 11.7 Å². The molecule has 0 spiro atoms. The highest BCUT2D eigenvalue weighted by Crippen LogP contribution is 2.38. The number of methoxy groups -OCH3 is 1. The number of rotatable bonds is 5. The van der Waals surface area contributed by atoms with Crippen molar-refractivity contribution in [2.45, 2.75) is 13.1 Å². The summed E-state index contributed by atoms with van der Waals surface area (Å²) in [5.41, 5.74) is 1.98. The smallest absolute Gasteiger partial charge is 0.416 e. The number of para-hydroxylation sites is 1. The first-order chi connectivity index (χ1) is 14.8. The maximum Gasteiger partial charge on any atom is 0.416 e. The van der Waals surface area contributed by atoms with Crippen LogP contribution in [0.25, 0.3) is 22.3 Å². The van der Waals surface area contributed by atoms with Crippen LogP contribution in [-0.2, 0) is 6.18 Å². The van der Waals surface area contributed by atoms with Crippen LogP contribution in [0.4, 0.5) is 24.8 Å². The van der Waals surface area contributed by atoms with Gasteiger partial charge in [0.2, 0.25) is 5.95 Å². The number of fused-ring (bicyclic) bond motifs is 1. The van der Waals surface area contributed by atoms with Gasteiger partial charge in [-0.1, -0.05) is 23.7 Å². The average molecular weight is 448 g/mol. The number of hydrogen-bond acceptors (Lipinski definition) is 5. The van der Waals surface area contributed by atoms with Crippen molar-refractivity contribution in [2.24, 2.45) is 0 Å². The lowest BCUT2D eigenvalue weighted by molar-refractivity contribution is -0.137. The lowest BCUT2D eigenvalue weighted by atomic mass is 10.1. The van der Waals surface area contributed by atoms with Crippen molar-refractivity contribution >= 4 is 34.3 Å². The molecule has 0 amide bonds. The molecule has 0 radical (unpaired) electrons. The van der Waals surface area contributed by atoms with E-state index >= 15 is 0 Å². The fourth-order valence-electron chi connectivity index (χ4n) is 3.30. The van der Waals surface area contributed by atoms with Gasteiger partial charge in [0.15, 0.2) is 0 Å². The van der Waals surface area contributed by atoms with Crippen LogP contribution in [-0.4, -0.2) is 33.8 Å². The summed E-state index contributed by atoms with van der Waals surface area (Å²) in [5.74, 6) is 0.887. The fourth-order valence-corrected chi connectivity index (χ4v) is 3.59. The Balaban J connectivity index is 1.88. The van der Waals surface area contributed by atoms with Gasteiger partial charge in [0.1, 0.15) is 22.5 Å². The Morgan fingerprint density at radius 1 is 1.13 bits per heavy atom. The van der Waals surface area contributed by atoms with Gasteiger partial charge in [0.25, 0.3) is 0 Å². The second-order valence-corrected chi connectivity index (χ2v) is 7.02. The zero-order valence-electron chi connectivity index (χ0n) is 16.5. The number of alkyl halides is 3. The topological polar surface area (TPSA) is 66.9 Å². The van der Waals surface area contributed by atoms with Crippen LogP contribution in [0.5, 0.6) is 5.75 Å². The average Bonchev–Trinajstić information content (AvgIpc) is 3.23. The molecule has 4 rings (SSSR count). The van der Waals surface area contributed by atoms with E-state index in [2.05, 4.69) is 15.2 Å². The SMILES string of the molecule is CCN(c1nc(-c2ccccc2OC)c2[nH]ncc2n1)c1ccc(C(F)(F)F)cc1Cl. The number of aromatic amines is 1. The summed E-state index contributed by atoms with van der Waals surface area (Å²) >= 11 is 6.22. The quantitative estimate of drug-likeness (QED) is 0.415. The molecule has 2 heterocycles. The molecular formula is C21H17ClF3N5O. The molecule has 31 heavy (non-hydrogen) atoms. The van der Waals surface area contributed by atoms with Crippen molar-refractivity contribution in [3.05, 3.63) is 59.2 Å². The first-order valence-electron chi connectivity index (χ1n) is 9.32. The highest BCUT2D eigenvalue weighted by atomic mass is 35.5. The first-order valence-corrected chi connectivity index (χ1v) is 9.70. The van der Waals surface area contributed by atoms with Crippen LogP contribution in [0.2, 0.25) is 5.02 Å². The molecule has 0 fully saturated rings. The van der Waals surface area contributed by atoms with Gasteiger partial charge in [-0.2, -0.15) is 18.3 Å². The molecule has 0 aliphatic rings. The highest BCUT2D eigenvalue weighted by molar-refractivity contribution is 6.33. The Hall–Kier alpha value is -3.33. The highest BCUT2D eigenvalue weighted by Gasteiger charge is 2.31. The summed E-state index contributed by atoms with van der Waals surface area (Å²) in [6, 6.07) is 10.6. The van der Waals surface area contributed by atoms with Gasteiger partial charge in [-0.05, 0) is 37.3 Å². The summed E-state index contributed by atoms with van der Waals surface area (Å²) in [7, 11) is 1.56. The number of halogens is 4. The minimum Gasteiger partial charge on any atom is -0.496 e. The van der Waals surface area contributed by atoms with E-state index in [1.54, 1.807) is 18.2 Å². The number of aromatic nitrogens is 4. The second-order valence-electron chi connectivity index (χ2n) is 6.61. The zero-order valence-corrected chi connectivity index (χ0v) is 17.3. The molecule has 0 saturated carbocycles. The van der Waals surface area contributed by atoms with Gasteiger partial charge in [-0.25, -0.2) is 9.97 Å². The summed E-state index contributed by atoms with van der Waals surface area (Å²) in [6.45, 7) is 2.21. The van der Waals surface area contributed by atoms with E-state index in [1.807, 2.05) is 31.2 Å². The largest absolute Gasteiger partial charge is 0.496 e. The van der Waals surface area contributed by atoms with Crippen molar-refractivity contribution in [1.82, 2.24) is 20.2 Å². The van der Waals surface area contributed by atoms with E-state index in [4.69, 9.17) is 21.3 Å². The van der Waals surface area contributed by atoms with Crippen molar-refractivity contribution < 1.29 is 17.9 Å². The van der Waals surface area contributed by atoms with E-state index in [0.717, 1.165) is 17.7 Å². The van der Waals surface area contributed by atoms with Gasteiger partial charge in [0, 0.05) is 12.1 Å². The Labute approximate surface area is 180 Å². The molecule has 0 aliphatic carbocycles. The molecule has 2 aromatic heterocycles. The lowest BCUT2D eigenvalue weighted by Gasteiger charge is -2.23. The molecule has 160 valence electrons. The predicted molar refractivity (Wildman–Crippen MR) is 113 cm³/mol. The molecule has 4 aromatic rings. The van der Waals surface area contributed by atoms with Gasteiger partial charge < -0.3 is 9.64 Å². The molecule has 10 heteroatoms. The van der Waals surface area contributed by atoms with E-state index in [9.17, 15) is 13.2 Å². The van der Waals surface area contributed by atoms with E-state index in [1.165, 1.54) is 6.07 Å². The zero-order chi connectivity index (χ0) is 22.2. The van der Waals surface area contributed by atoms with Crippen molar-refractivity contribution in [1.29, 1.82) is 0 Å². The number of benzene rings is 2. The number of hydrogen-bond donors (Lipinski definition) is 1. The lowest BCUT2D eigenvalue weighted by Crippen LogP contribution is -2.20. The minimum atomic E-state index is -4.48. The summed E-state index contributed by atoms with van der Waals surface area (Å²) in [4.78, 5) is 10.9. The van der Waals surface area contributed by atoms with E-state index in [-0.39, 0.29) is 11.0 Å². The standard InChI is InChI=1S/C21H17ClF3N5O/c1-3-30(16-9-8-12(10-14(16)22)21(23,24)25)20-27-15-11-26-29-19(15)18(28-20)13-6-4-5-7-17(13)31-2/h4-11H,3H2,1-2H3,(H,26,29). The van der Waals surface area contributed by atoms with Gasteiger partial charge >= 0.3 is 6.18 Å². The maximum absolute atomic E-state index is 13.0. The number of nitrogens with zero attached hydrogens (tertiary/aromatic N) is 4. The van der Waals surface area contributed by atoms with Gasteiger partial charge in [0.05, 0.1) is 29.6 Å². The molecule has 6 nitrogen and oxygen atoms in total. The Morgan fingerprint density at radius 3 is 2.58 bits per heavy atom. The third-order valence-corrected chi connectivity index (χ3v) is 5.08. The summed E-state index contributed by atoms with van der Waals surface area (Å²) < 4.78 is 44.6. The molecule has 0 aliphatic heterocycles.